The Morgan fingerprint density at radius 1 is 1.13 bits per heavy atom. The number of nitrogens with zero attached hydrogens (tertiary/aromatic N) is 1. The molecule has 0 aliphatic rings. The van der Waals surface area contributed by atoms with E-state index in [1.165, 1.54) is 0 Å². The molecule has 0 spiro atoms. The first kappa shape index (κ1) is 19.3. The third-order valence-electron chi connectivity index (χ3n) is 4.20. The molecule has 23 heavy (non-hydrogen) atoms. The second-order valence-corrected chi connectivity index (χ2v) is 7.22. The van der Waals surface area contributed by atoms with Crippen molar-refractivity contribution >= 4 is 5.91 Å². The van der Waals surface area contributed by atoms with Crippen molar-refractivity contribution in [2.75, 3.05) is 34.4 Å². The van der Waals surface area contributed by atoms with Crippen LogP contribution in [0.25, 0.3) is 0 Å². The Labute approximate surface area is 139 Å². The zero-order valence-corrected chi connectivity index (χ0v) is 15.4. The van der Waals surface area contributed by atoms with Crippen molar-refractivity contribution in [2.24, 2.45) is 11.1 Å². The zero-order valence-electron chi connectivity index (χ0n) is 15.4. The van der Waals surface area contributed by atoms with E-state index in [1.54, 1.807) is 19.1 Å². The molecule has 5 heteroatoms. The molecular formula is C18H30N2O3. The second kappa shape index (κ2) is 7.21. The molecule has 130 valence electrons. The van der Waals surface area contributed by atoms with E-state index in [9.17, 15) is 4.79 Å². The Morgan fingerprint density at radius 2 is 1.70 bits per heavy atom. The smallest absolute Gasteiger partial charge is 0.232 e. The van der Waals surface area contributed by atoms with Crippen LogP contribution in [0.5, 0.6) is 11.5 Å². The van der Waals surface area contributed by atoms with Gasteiger partial charge in [-0.2, -0.15) is 0 Å². The van der Waals surface area contributed by atoms with Gasteiger partial charge in [0.1, 0.15) is 0 Å². The van der Waals surface area contributed by atoms with Crippen molar-refractivity contribution in [3.8, 4) is 11.5 Å². The van der Waals surface area contributed by atoms with Crippen LogP contribution in [-0.4, -0.2) is 45.2 Å². The number of likely N-dealkylation sites (N-methyl/N-ethyl adjacent to an activating group) is 1. The summed E-state index contributed by atoms with van der Waals surface area (Å²) >= 11 is 0. The third kappa shape index (κ3) is 4.38. The first-order chi connectivity index (χ1) is 10.6. The average Bonchev–Trinajstić information content (AvgIpc) is 2.52. The number of nitrogens with two attached hydrogens (primary N) is 1. The summed E-state index contributed by atoms with van der Waals surface area (Å²) < 4.78 is 10.6. The standard InChI is InChI=1S/C18H30N2O3/c1-17(2,11-19)12-20(5)16(21)18(3,4)13-8-9-14(22-6)15(10-13)23-7/h8-10H,11-12,19H2,1-7H3. The van der Waals surface area contributed by atoms with E-state index >= 15 is 0 Å². The fraction of sp³-hybridized carbons (Fsp3) is 0.611. The number of amides is 1. The lowest BCUT2D eigenvalue weighted by Gasteiger charge is -2.35. The molecule has 0 aromatic heterocycles. The highest BCUT2D eigenvalue weighted by Crippen LogP contribution is 2.34. The molecule has 0 unspecified atom stereocenters. The van der Waals surface area contributed by atoms with Gasteiger partial charge in [-0.25, -0.2) is 0 Å². The third-order valence-corrected chi connectivity index (χ3v) is 4.20. The number of methoxy groups -OCH3 is 2. The van der Waals surface area contributed by atoms with Gasteiger partial charge in [0.2, 0.25) is 5.91 Å². The summed E-state index contributed by atoms with van der Waals surface area (Å²) in [7, 11) is 5.01. The molecule has 0 radical (unpaired) electrons. The van der Waals surface area contributed by atoms with E-state index in [2.05, 4.69) is 13.8 Å². The van der Waals surface area contributed by atoms with Crippen LogP contribution in [0, 0.1) is 5.41 Å². The maximum atomic E-state index is 12.9. The SMILES string of the molecule is COc1ccc(C(C)(C)C(=O)N(C)CC(C)(C)CN)cc1OC. The highest BCUT2D eigenvalue weighted by Gasteiger charge is 2.34. The molecule has 1 aromatic carbocycles. The Morgan fingerprint density at radius 3 is 2.17 bits per heavy atom. The molecule has 1 amide bonds. The largest absolute Gasteiger partial charge is 0.493 e. The summed E-state index contributed by atoms with van der Waals surface area (Å²) in [6.45, 7) is 9.09. The van der Waals surface area contributed by atoms with Gasteiger partial charge in [-0.05, 0) is 43.5 Å². The monoisotopic (exact) mass is 322 g/mol. The minimum Gasteiger partial charge on any atom is -0.493 e. The molecule has 0 saturated carbocycles. The van der Waals surface area contributed by atoms with E-state index in [4.69, 9.17) is 15.2 Å². The number of ether oxygens (including phenoxy) is 2. The minimum atomic E-state index is -0.668. The number of rotatable bonds is 7. The molecule has 0 atom stereocenters. The van der Waals surface area contributed by atoms with Crippen LogP contribution in [0.15, 0.2) is 18.2 Å². The molecule has 0 fully saturated rings. The first-order valence-electron chi connectivity index (χ1n) is 7.77. The Balaban J connectivity index is 3.08. The number of hydrogen-bond acceptors (Lipinski definition) is 4. The Bertz CT molecular complexity index is 553. The van der Waals surface area contributed by atoms with E-state index in [-0.39, 0.29) is 11.3 Å². The molecule has 0 saturated heterocycles. The van der Waals surface area contributed by atoms with Gasteiger partial charge in [-0.3, -0.25) is 4.79 Å². The van der Waals surface area contributed by atoms with E-state index in [0.717, 1.165) is 5.56 Å². The van der Waals surface area contributed by atoms with Crippen molar-refractivity contribution in [3.63, 3.8) is 0 Å². The molecule has 1 rings (SSSR count). The summed E-state index contributed by atoms with van der Waals surface area (Å²) in [6.07, 6.45) is 0. The summed E-state index contributed by atoms with van der Waals surface area (Å²) in [5.41, 5.74) is 5.88. The highest BCUT2D eigenvalue weighted by atomic mass is 16.5. The van der Waals surface area contributed by atoms with Crippen molar-refractivity contribution in [2.45, 2.75) is 33.1 Å². The molecule has 2 N–H and O–H groups in total. The van der Waals surface area contributed by atoms with Gasteiger partial charge in [0.05, 0.1) is 19.6 Å². The van der Waals surface area contributed by atoms with Crippen molar-refractivity contribution < 1.29 is 14.3 Å². The molecule has 0 bridgehead atoms. The van der Waals surface area contributed by atoms with Gasteiger partial charge in [-0.1, -0.05) is 19.9 Å². The Kier molecular flexibility index (Phi) is 6.05. The molecule has 0 aliphatic carbocycles. The normalized spacial score (nSPS) is 12.0. The average molecular weight is 322 g/mol. The topological polar surface area (TPSA) is 64.8 Å². The highest BCUT2D eigenvalue weighted by molar-refractivity contribution is 5.87. The summed E-state index contributed by atoms with van der Waals surface area (Å²) in [6, 6.07) is 5.59. The number of carbonyl (C=O) groups excluding carboxylic acids is 1. The predicted octanol–water partition coefficient (Wildman–Crippen LogP) is 2.42. The van der Waals surface area contributed by atoms with Crippen LogP contribution in [-0.2, 0) is 10.2 Å². The molecule has 0 aliphatic heterocycles. The summed E-state index contributed by atoms with van der Waals surface area (Å²) in [5, 5.41) is 0. The lowest BCUT2D eigenvalue weighted by molar-refractivity contribution is -0.136. The molecular weight excluding hydrogens is 292 g/mol. The Hall–Kier alpha value is -1.75. The number of hydrogen-bond donors (Lipinski definition) is 1. The molecule has 5 nitrogen and oxygen atoms in total. The van der Waals surface area contributed by atoms with Gasteiger partial charge >= 0.3 is 0 Å². The summed E-state index contributed by atoms with van der Waals surface area (Å²) in [4.78, 5) is 14.7. The summed E-state index contributed by atoms with van der Waals surface area (Å²) in [5.74, 6) is 1.32. The fourth-order valence-corrected chi connectivity index (χ4v) is 2.60. The van der Waals surface area contributed by atoms with Crippen molar-refractivity contribution in [1.82, 2.24) is 4.90 Å². The molecule has 0 heterocycles. The first-order valence-corrected chi connectivity index (χ1v) is 7.77. The predicted molar refractivity (Wildman–Crippen MR) is 93.0 cm³/mol. The van der Waals surface area contributed by atoms with Crippen LogP contribution in [0.3, 0.4) is 0 Å². The van der Waals surface area contributed by atoms with Crippen molar-refractivity contribution in [1.29, 1.82) is 0 Å². The second-order valence-electron chi connectivity index (χ2n) is 7.22. The maximum Gasteiger partial charge on any atom is 0.232 e. The van der Waals surface area contributed by atoms with Gasteiger partial charge in [0, 0.05) is 13.6 Å². The van der Waals surface area contributed by atoms with Crippen LogP contribution in [0.2, 0.25) is 0 Å². The maximum absolute atomic E-state index is 12.9. The van der Waals surface area contributed by atoms with Gasteiger partial charge in [0.15, 0.2) is 11.5 Å². The van der Waals surface area contributed by atoms with Crippen molar-refractivity contribution in [3.05, 3.63) is 23.8 Å². The van der Waals surface area contributed by atoms with Gasteiger partial charge in [-0.15, -0.1) is 0 Å². The van der Waals surface area contributed by atoms with E-state index in [1.807, 2.05) is 39.1 Å². The number of benzene rings is 1. The van der Waals surface area contributed by atoms with E-state index < -0.39 is 5.41 Å². The van der Waals surface area contributed by atoms with Gasteiger partial charge in [0.25, 0.3) is 0 Å². The number of carbonyl (C=O) groups is 1. The molecule has 1 aromatic rings. The minimum absolute atomic E-state index is 0.0474. The quantitative estimate of drug-likeness (QED) is 0.837. The lowest BCUT2D eigenvalue weighted by Crippen LogP contribution is -2.46. The van der Waals surface area contributed by atoms with E-state index in [0.29, 0.717) is 24.6 Å². The van der Waals surface area contributed by atoms with Crippen LogP contribution >= 0.6 is 0 Å². The lowest BCUT2D eigenvalue weighted by atomic mass is 9.82. The van der Waals surface area contributed by atoms with Crippen LogP contribution in [0.1, 0.15) is 33.3 Å². The van der Waals surface area contributed by atoms with Gasteiger partial charge < -0.3 is 20.1 Å². The fourth-order valence-electron chi connectivity index (χ4n) is 2.60. The zero-order chi connectivity index (χ0) is 17.8. The van der Waals surface area contributed by atoms with Crippen LogP contribution in [0.4, 0.5) is 0 Å². The van der Waals surface area contributed by atoms with Crippen LogP contribution < -0.4 is 15.2 Å².